The molecule has 0 spiro atoms. The van der Waals surface area contributed by atoms with E-state index in [4.69, 9.17) is 15.6 Å². The molecule has 7 heteroatoms. The molecule has 0 saturated heterocycles. The zero-order valence-electron chi connectivity index (χ0n) is 22.3. The average Bonchev–Trinajstić information content (AvgIpc) is 2.68. The monoisotopic (exact) mass is 463 g/mol. The van der Waals surface area contributed by atoms with Gasteiger partial charge in [0.1, 0.15) is 6.04 Å². The van der Waals surface area contributed by atoms with E-state index in [-0.39, 0.29) is 103 Å². The Hall–Kier alpha value is 1.54. The molecule has 0 heterocycles. The molecular weight excluding hydrogens is 416 g/mol. The van der Waals surface area contributed by atoms with E-state index in [1.54, 1.807) is 0 Å². The van der Waals surface area contributed by atoms with Crippen LogP contribution in [-0.4, -0.2) is 29.7 Å². The Morgan fingerprint density at radius 1 is 0.800 bits per heavy atom. The van der Waals surface area contributed by atoms with Crippen LogP contribution >= 0.6 is 0 Å². The van der Waals surface area contributed by atoms with Crippen LogP contribution in [-0.2, 0) is 14.3 Å². The van der Waals surface area contributed by atoms with E-state index in [9.17, 15) is 9.59 Å². The molecule has 5 nitrogen and oxygen atoms in total. The van der Waals surface area contributed by atoms with Gasteiger partial charge in [0.2, 0.25) is 0 Å². The number of esters is 1. The predicted molar refractivity (Wildman–Crippen MR) is 118 cm³/mol. The molecule has 1 atom stereocenters. The van der Waals surface area contributed by atoms with Gasteiger partial charge in [-0.1, -0.05) is 103 Å². The number of ether oxygens (including phenoxy) is 1. The van der Waals surface area contributed by atoms with Crippen LogP contribution in [0.25, 0.3) is 0 Å². The van der Waals surface area contributed by atoms with Gasteiger partial charge in [-0.3, -0.25) is 9.59 Å². The standard InChI is InChI=1S/C23H45NO4.K.Na.2H/c1-2-3-4-5-6-7-8-9-10-11-12-13-14-15-16-17-20-28-22(25)19-18-21(24)23(26)27;;;;/h21H,2-20,24H2,1H3,(H,26,27);;;;/q;2*+1;2*-1/t21-;;;;/m0..../s1. The van der Waals surface area contributed by atoms with E-state index in [0.29, 0.717) is 6.61 Å². The van der Waals surface area contributed by atoms with Gasteiger partial charge >= 0.3 is 92.9 Å². The van der Waals surface area contributed by atoms with Crippen LogP contribution in [0.2, 0.25) is 0 Å². The Kier molecular flexibility index (Phi) is 34.4. The molecule has 0 bridgehead atoms. The van der Waals surface area contributed by atoms with Crippen LogP contribution in [0.1, 0.15) is 125 Å². The summed E-state index contributed by atoms with van der Waals surface area (Å²) in [5.74, 6) is -1.43. The molecule has 0 saturated carbocycles. The maximum atomic E-state index is 11.5. The fraction of sp³-hybridized carbons (Fsp3) is 0.913. The molecule has 0 aromatic carbocycles. The van der Waals surface area contributed by atoms with Gasteiger partial charge in [0.25, 0.3) is 0 Å². The van der Waals surface area contributed by atoms with Crippen molar-refractivity contribution in [2.45, 2.75) is 129 Å². The second-order valence-corrected chi connectivity index (χ2v) is 8.01. The maximum absolute atomic E-state index is 11.5. The van der Waals surface area contributed by atoms with Crippen molar-refractivity contribution in [3.05, 3.63) is 0 Å². The second-order valence-electron chi connectivity index (χ2n) is 8.01. The van der Waals surface area contributed by atoms with Crippen LogP contribution in [0, 0.1) is 0 Å². The van der Waals surface area contributed by atoms with Crippen molar-refractivity contribution in [2.75, 3.05) is 6.61 Å². The maximum Gasteiger partial charge on any atom is 1.00 e. The van der Waals surface area contributed by atoms with Gasteiger partial charge in [-0.2, -0.15) is 0 Å². The Bertz CT molecular complexity index is 397. The van der Waals surface area contributed by atoms with E-state index < -0.39 is 12.0 Å². The van der Waals surface area contributed by atoms with Gasteiger partial charge in [-0.25, -0.2) is 0 Å². The molecule has 0 amide bonds. The molecule has 0 aromatic heterocycles. The number of nitrogens with two attached hydrogens (primary N) is 1. The predicted octanol–water partition coefficient (Wildman–Crippen LogP) is 0.216. The van der Waals surface area contributed by atoms with Crippen molar-refractivity contribution in [1.29, 1.82) is 0 Å². The number of aliphatic carboxylic acids is 1. The minimum Gasteiger partial charge on any atom is -1.00 e. The minimum absolute atomic E-state index is 0. The number of unbranched alkanes of at least 4 members (excludes halogenated alkanes) is 15. The zero-order chi connectivity index (χ0) is 20.9. The molecule has 0 aromatic rings. The van der Waals surface area contributed by atoms with E-state index >= 15 is 0 Å². The summed E-state index contributed by atoms with van der Waals surface area (Å²) in [6.45, 7) is 2.70. The molecule has 3 N–H and O–H groups in total. The number of hydrogen-bond acceptors (Lipinski definition) is 4. The van der Waals surface area contributed by atoms with Crippen molar-refractivity contribution >= 4 is 11.9 Å². The first-order valence-corrected chi connectivity index (χ1v) is 11.7. The van der Waals surface area contributed by atoms with Crippen molar-refractivity contribution in [2.24, 2.45) is 5.73 Å². The van der Waals surface area contributed by atoms with Crippen molar-refractivity contribution in [1.82, 2.24) is 0 Å². The third-order valence-corrected chi connectivity index (χ3v) is 5.24. The fourth-order valence-corrected chi connectivity index (χ4v) is 3.31. The van der Waals surface area contributed by atoms with Gasteiger partial charge in [-0.15, -0.1) is 0 Å². The summed E-state index contributed by atoms with van der Waals surface area (Å²) >= 11 is 0. The van der Waals surface area contributed by atoms with E-state index in [1.165, 1.54) is 89.9 Å². The molecule has 0 fully saturated rings. The number of carbonyl (C=O) groups excluding carboxylic acids is 1. The Morgan fingerprint density at radius 2 is 1.17 bits per heavy atom. The van der Waals surface area contributed by atoms with E-state index in [2.05, 4.69) is 6.92 Å². The van der Waals surface area contributed by atoms with Gasteiger partial charge in [-0.05, 0) is 12.8 Å². The quantitative estimate of drug-likeness (QED) is 0.144. The largest absolute Gasteiger partial charge is 1.00 e. The Labute approximate surface area is 253 Å². The number of rotatable bonds is 21. The molecule has 0 aliphatic carbocycles. The van der Waals surface area contributed by atoms with Gasteiger partial charge in [0.15, 0.2) is 0 Å². The van der Waals surface area contributed by atoms with Crippen LogP contribution in [0.15, 0.2) is 0 Å². The normalized spacial score (nSPS) is 11.3. The molecule has 0 aliphatic rings. The van der Waals surface area contributed by atoms with Crippen molar-refractivity contribution < 1.29 is 103 Å². The van der Waals surface area contributed by atoms with E-state index in [1.807, 2.05) is 0 Å². The van der Waals surface area contributed by atoms with Crippen molar-refractivity contribution in [3.63, 3.8) is 0 Å². The zero-order valence-corrected chi connectivity index (χ0v) is 25.4. The first-order chi connectivity index (χ1) is 13.6. The molecule has 170 valence electrons. The van der Waals surface area contributed by atoms with Gasteiger partial charge in [0, 0.05) is 6.42 Å². The molecule has 0 aliphatic heterocycles. The van der Waals surface area contributed by atoms with E-state index in [0.717, 1.165) is 12.8 Å². The topological polar surface area (TPSA) is 89.6 Å². The summed E-state index contributed by atoms with van der Waals surface area (Å²) < 4.78 is 5.10. The Morgan fingerprint density at radius 3 is 1.53 bits per heavy atom. The summed E-state index contributed by atoms with van der Waals surface area (Å²) in [4.78, 5) is 22.0. The molecule has 0 rings (SSSR count). The number of carboxylic acids is 1. The third kappa shape index (κ3) is 27.6. The van der Waals surface area contributed by atoms with Gasteiger partial charge < -0.3 is 18.4 Å². The summed E-state index contributed by atoms with van der Waals surface area (Å²) in [5, 5.41) is 8.65. The van der Waals surface area contributed by atoms with Crippen LogP contribution in [0.5, 0.6) is 0 Å². The number of carbonyl (C=O) groups is 2. The van der Waals surface area contributed by atoms with Crippen LogP contribution in [0.3, 0.4) is 0 Å². The number of carboxylic acid groups (broad SMARTS) is 1. The molecule has 0 unspecified atom stereocenters. The summed E-state index contributed by atoms with van der Waals surface area (Å²) in [5.41, 5.74) is 5.35. The number of hydrogen-bond donors (Lipinski definition) is 2. The fourth-order valence-electron chi connectivity index (χ4n) is 3.31. The summed E-state index contributed by atoms with van der Waals surface area (Å²) in [6, 6.07) is -0.983. The summed E-state index contributed by atoms with van der Waals surface area (Å²) in [6.07, 6.45) is 21.3. The SMILES string of the molecule is CCCCCCCCCCCCCCCCCCOC(=O)CC[C@H](N)C(=O)O.[H-].[H-].[K+].[Na+]. The average molecular weight is 464 g/mol. The van der Waals surface area contributed by atoms with Crippen molar-refractivity contribution in [3.8, 4) is 0 Å². The van der Waals surface area contributed by atoms with Crippen LogP contribution in [0.4, 0.5) is 0 Å². The minimum atomic E-state index is -1.08. The summed E-state index contributed by atoms with van der Waals surface area (Å²) in [7, 11) is 0. The second kappa shape index (κ2) is 28.6. The van der Waals surface area contributed by atoms with Gasteiger partial charge in [0.05, 0.1) is 6.61 Å². The molecule has 0 radical (unpaired) electrons. The molecule has 30 heavy (non-hydrogen) atoms. The molecular formula is C23H47KNNaO4. The smallest absolute Gasteiger partial charge is 1.00 e. The Balaban J connectivity index is -0.000000607. The first kappa shape index (κ1) is 36.1. The first-order valence-electron chi connectivity index (χ1n) is 11.7. The third-order valence-electron chi connectivity index (χ3n) is 5.24. The van der Waals surface area contributed by atoms with Crippen LogP contribution < -0.4 is 86.7 Å².